The second-order valence-electron chi connectivity index (χ2n) is 7.13. The molecule has 0 bridgehead atoms. The SMILES string of the molecule is CC1CCCC(c2ccc3sc(C4CCN(C)CC4)nc3c2)=N1. The number of aromatic nitrogens is 1. The predicted molar refractivity (Wildman–Crippen MR) is 98.9 cm³/mol. The number of aliphatic imine (C=N–C) groups is 1. The molecule has 1 fully saturated rings. The van der Waals surface area contributed by atoms with Crippen molar-refractivity contribution >= 4 is 27.3 Å². The second-order valence-corrected chi connectivity index (χ2v) is 8.19. The zero-order valence-electron chi connectivity index (χ0n) is 14.1. The molecule has 23 heavy (non-hydrogen) atoms. The largest absolute Gasteiger partial charge is 0.306 e. The third-order valence-corrected chi connectivity index (χ3v) is 6.42. The van der Waals surface area contributed by atoms with Gasteiger partial charge >= 0.3 is 0 Å². The summed E-state index contributed by atoms with van der Waals surface area (Å²) in [4.78, 5) is 12.3. The molecule has 1 aromatic carbocycles. The first-order valence-electron chi connectivity index (χ1n) is 8.85. The van der Waals surface area contributed by atoms with E-state index in [1.807, 2.05) is 11.3 Å². The van der Waals surface area contributed by atoms with Gasteiger partial charge in [0.05, 0.1) is 15.2 Å². The number of hydrogen-bond acceptors (Lipinski definition) is 4. The van der Waals surface area contributed by atoms with E-state index in [4.69, 9.17) is 9.98 Å². The van der Waals surface area contributed by atoms with Crippen LogP contribution in [0, 0.1) is 0 Å². The molecule has 2 aromatic rings. The topological polar surface area (TPSA) is 28.5 Å². The van der Waals surface area contributed by atoms with Crippen molar-refractivity contribution in [1.82, 2.24) is 9.88 Å². The molecular weight excluding hydrogens is 302 g/mol. The number of thiazole rings is 1. The quantitative estimate of drug-likeness (QED) is 0.814. The third kappa shape index (κ3) is 3.20. The van der Waals surface area contributed by atoms with Gasteiger partial charge in [0.25, 0.3) is 0 Å². The maximum atomic E-state index is 4.98. The predicted octanol–water partition coefficient (Wildman–Crippen LogP) is 4.47. The summed E-state index contributed by atoms with van der Waals surface area (Å²) in [5.74, 6) is 0.652. The molecule has 1 atom stereocenters. The standard InChI is InChI=1S/C19H25N3S/c1-13-4-3-5-16(20-13)15-6-7-18-17(12-15)21-19(23-18)14-8-10-22(2)11-9-14/h6-7,12-14H,3-5,8-11H2,1-2H3. The highest BCUT2D eigenvalue weighted by Crippen LogP contribution is 2.34. The van der Waals surface area contributed by atoms with Gasteiger partial charge in [-0.2, -0.15) is 0 Å². The Hall–Kier alpha value is -1.26. The molecule has 1 saturated heterocycles. The number of hydrogen-bond donors (Lipinski definition) is 0. The van der Waals surface area contributed by atoms with Gasteiger partial charge < -0.3 is 4.90 Å². The van der Waals surface area contributed by atoms with E-state index < -0.39 is 0 Å². The molecule has 0 aliphatic carbocycles. The van der Waals surface area contributed by atoms with Crippen LogP contribution >= 0.6 is 11.3 Å². The first kappa shape index (κ1) is 15.3. The molecule has 2 aliphatic rings. The summed E-state index contributed by atoms with van der Waals surface area (Å²) in [6.45, 7) is 4.61. The fourth-order valence-electron chi connectivity index (χ4n) is 3.73. The minimum Gasteiger partial charge on any atom is -0.306 e. The lowest BCUT2D eigenvalue weighted by atomic mass is 9.98. The van der Waals surface area contributed by atoms with Crippen molar-refractivity contribution in [3.8, 4) is 0 Å². The number of likely N-dealkylation sites (tertiary alicyclic amines) is 1. The average molecular weight is 327 g/mol. The molecule has 2 aliphatic heterocycles. The van der Waals surface area contributed by atoms with E-state index in [-0.39, 0.29) is 0 Å². The summed E-state index contributed by atoms with van der Waals surface area (Å²) in [7, 11) is 2.22. The number of fused-ring (bicyclic) bond motifs is 1. The van der Waals surface area contributed by atoms with Crippen molar-refractivity contribution in [3.63, 3.8) is 0 Å². The third-order valence-electron chi connectivity index (χ3n) is 5.22. The van der Waals surface area contributed by atoms with E-state index in [1.54, 1.807) is 0 Å². The average Bonchev–Trinajstić information content (AvgIpc) is 2.98. The monoisotopic (exact) mass is 327 g/mol. The summed E-state index contributed by atoms with van der Waals surface area (Å²) < 4.78 is 1.33. The second kappa shape index (κ2) is 6.33. The van der Waals surface area contributed by atoms with E-state index in [0.717, 1.165) is 6.42 Å². The molecular formula is C19H25N3S. The van der Waals surface area contributed by atoms with Gasteiger partial charge in [-0.15, -0.1) is 11.3 Å². The van der Waals surface area contributed by atoms with Gasteiger partial charge in [0.2, 0.25) is 0 Å². The van der Waals surface area contributed by atoms with Gasteiger partial charge in [-0.1, -0.05) is 6.07 Å². The summed E-state index contributed by atoms with van der Waals surface area (Å²) >= 11 is 1.89. The number of piperidine rings is 1. The van der Waals surface area contributed by atoms with Crippen LogP contribution in [0.5, 0.6) is 0 Å². The molecule has 4 rings (SSSR count). The molecule has 1 unspecified atom stereocenters. The van der Waals surface area contributed by atoms with E-state index in [2.05, 4.69) is 37.1 Å². The van der Waals surface area contributed by atoms with Gasteiger partial charge in [-0.05, 0) is 76.9 Å². The van der Waals surface area contributed by atoms with Crippen LogP contribution < -0.4 is 0 Å². The normalized spacial score (nSPS) is 24.1. The highest BCUT2D eigenvalue weighted by Gasteiger charge is 2.22. The van der Waals surface area contributed by atoms with Crippen LogP contribution in [0.15, 0.2) is 23.2 Å². The molecule has 3 heterocycles. The maximum Gasteiger partial charge on any atom is 0.0970 e. The van der Waals surface area contributed by atoms with Gasteiger partial charge in [0.15, 0.2) is 0 Å². The molecule has 1 aromatic heterocycles. The summed E-state index contributed by atoms with van der Waals surface area (Å²) in [6, 6.07) is 7.24. The van der Waals surface area contributed by atoms with E-state index in [9.17, 15) is 0 Å². The first-order chi connectivity index (χ1) is 11.2. The Morgan fingerprint density at radius 3 is 2.78 bits per heavy atom. The Kier molecular flexibility index (Phi) is 4.20. The Bertz CT molecular complexity index is 725. The molecule has 0 saturated carbocycles. The van der Waals surface area contributed by atoms with Crippen LogP contribution in [0.25, 0.3) is 10.2 Å². The molecule has 0 spiro atoms. The first-order valence-corrected chi connectivity index (χ1v) is 9.67. The minimum absolute atomic E-state index is 0.472. The van der Waals surface area contributed by atoms with Crippen molar-refractivity contribution in [1.29, 1.82) is 0 Å². The van der Waals surface area contributed by atoms with E-state index in [1.165, 1.54) is 65.3 Å². The van der Waals surface area contributed by atoms with Gasteiger partial charge in [0, 0.05) is 17.7 Å². The van der Waals surface area contributed by atoms with Crippen LogP contribution in [-0.2, 0) is 0 Å². The molecule has 0 amide bonds. The number of benzene rings is 1. The highest BCUT2D eigenvalue weighted by molar-refractivity contribution is 7.18. The van der Waals surface area contributed by atoms with Crippen LogP contribution in [0.1, 0.15) is 55.5 Å². The number of nitrogens with zero attached hydrogens (tertiary/aromatic N) is 3. The fourth-order valence-corrected chi connectivity index (χ4v) is 4.85. The highest BCUT2D eigenvalue weighted by atomic mass is 32.1. The molecule has 0 radical (unpaired) electrons. The Morgan fingerprint density at radius 2 is 2.00 bits per heavy atom. The summed E-state index contributed by atoms with van der Waals surface area (Å²) in [5, 5.41) is 1.34. The lowest BCUT2D eigenvalue weighted by Gasteiger charge is -2.27. The van der Waals surface area contributed by atoms with Crippen molar-refractivity contribution in [2.24, 2.45) is 4.99 Å². The Morgan fingerprint density at radius 1 is 1.17 bits per heavy atom. The van der Waals surface area contributed by atoms with Gasteiger partial charge in [0.1, 0.15) is 0 Å². The summed E-state index contributed by atoms with van der Waals surface area (Å²) in [5.41, 5.74) is 3.73. The Labute approximate surface area is 142 Å². The van der Waals surface area contributed by atoms with Crippen molar-refractivity contribution in [3.05, 3.63) is 28.8 Å². The maximum absolute atomic E-state index is 4.98. The lowest BCUT2D eigenvalue weighted by Crippen LogP contribution is -2.29. The van der Waals surface area contributed by atoms with Crippen molar-refractivity contribution < 1.29 is 0 Å². The van der Waals surface area contributed by atoms with Crippen molar-refractivity contribution in [2.45, 2.75) is 51.0 Å². The zero-order valence-corrected chi connectivity index (χ0v) is 14.9. The van der Waals surface area contributed by atoms with Gasteiger partial charge in [-0.3, -0.25) is 4.99 Å². The van der Waals surface area contributed by atoms with Crippen LogP contribution in [-0.4, -0.2) is 41.8 Å². The van der Waals surface area contributed by atoms with Crippen LogP contribution in [0.3, 0.4) is 0 Å². The van der Waals surface area contributed by atoms with E-state index in [0.29, 0.717) is 12.0 Å². The van der Waals surface area contributed by atoms with Crippen LogP contribution in [0.2, 0.25) is 0 Å². The van der Waals surface area contributed by atoms with Crippen LogP contribution in [0.4, 0.5) is 0 Å². The van der Waals surface area contributed by atoms with Crippen molar-refractivity contribution in [2.75, 3.05) is 20.1 Å². The molecule has 0 N–H and O–H groups in total. The molecule has 3 nitrogen and oxygen atoms in total. The smallest absolute Gasteiger partial charge is 0.0970 e. The minimum atomic E-state index is 0.472. The number of rotatable bonds is 2. The zero-order chi connectivity index (χ0) is 15.8. The van der Waals surface area contributed by atoms with E-state index >= 15 is 0 Å². The molecule has 4 heteroatoms. The molecule has 122 valence electrons. The summed E-state index contributed by atoms with van der Waals surface area (Å²) in [6.07, 6.45) is 6.08. The fraction of sp³-hybridized carbons (Fsp3) is 0.579. The lowest BCUT2D eigenvalue weighted by molar-refractivity contribution is 0.255. The Balaban J connectivity index is 1.62. The van der Waals surface area contributed by atoms with Gasteiger partial charge in [-0.25, -0.2) is 4.98 Å².